The largest absolute Gasteiger partial charge is 0.345 e. The van der Waals surface area contributed by atoms with Gasteiger partial charge < -0.3 is 10.2 Å². The van der Waals surface area contributed by atoms with E-state index in [1.807, 2.05) is 0 Å². The molecule has 1 aliphatic carbocycles. The van der Waals surface area contributed by atoms with Crippen LogP contribution >= 0.6 is 0 Å². The molecule has 2 fully saturated rings. The van der Waals surface area contributed by atoms with Gasteiger partial charge in [0.25, 0.3) is 0 Å². The molecule has 5 nitrogen and oxygen atoms in total. The lowest BCUT2D eigenvalue weighted by molar-refractivity contribution is -0.139. The first kappa shape index (κ1) is 16.0. The number of likely N-dealkylation sites (tertiary alicyclic amines) is 1. The van der Waals surface area contributed by atoms with Crippen LogP contribution in [0, 0.1) is 5.92 Å². The fraction of sp³-hybridized carbons (Fsp3) is 0.812. The predicted molar refractivity (Wildman–Crippen MR) is 79.2 cm³/mol. The van der Waals surface area contributed by atoms with Crippen LogP contribution in [0.5, 0.6) is 0 Å². The Bertz CT molecular complexity index is 418. The highest BCUT2D eigenvalue weighted by atomic mass is 16.2. The first-order valence-electron chi connectivity index (χ1n) is 7.99. The maximum atomic E-state index is 12.6. The molecule has 2 atom stereocenters. The summed E-state index contributed by atoms with van der Waals surface area (Å²) in [6.07, 6.45) is 9.22. The molecule has 0 aromatic heterocycles. The minimum Gasteiger partial charge on any atom is -0.345 e. The van der Waals surface area contributed by atoms with Gasteiger partial charge in [-0.3, -0.25) is 14.4 Å². The lowest BCUT2D eigenvalue weighted by Crippen LogP contribution is -2.58. The van der Waals surface area contributed by atoms with Crippen molar-refractivity contribution in [3.8, 4) is 0 Å². The molecule has 0 unspecified atom stereocenters. The van der Waals surface area contributed by atoms with E-state index in [1.165, 1.54) is 13.3 Å². The summed E-state index contributed by atoms with van der Waals surface area (Å²) in [4.78, 5) is 37.2. The molecule has 0 aromatic carbocycles. The van der Waals surface area contributed by atoms with Crippen LogP contribution in [0.3, 0.4) is 0 Å². The molecule has 2 aliphatic rings. The Labute approximate surface area is 126 Å². The van der Waals surface area contributed by atoms with Crippen molar-refractivity contribution in [1.29, 1.82) is 0 Å². The predicted octanol–water partition coefficient (Wildman–Crippen LogP) is 1.56. The fourth-order valence-electron chi connectivity index (χ4n) is 3.94. The van der Waals surface area contributed by atoms with Gasteiger partial charge in [-0.05, 0) is 38.5 Å². The lowest BCUT2D eigenvalue weighted by Gasteiger charge is -2.42. The van der Waals surface area contributed by atoms with E-state index in [1.54, 1.807) is 11.8 Å². The van der Waals surface area contributed by atoms with Crippen molar-refractivity contribution >= 4 is 18.1 Å². The van der Waals surface area contributed by atoms with Gasteiger partial charge in [0.1, 0.15) is 11.6 Å². The second kappa shape index (κ2) is 6.58. The molecular formula is C16H25N2O3. The third-order valence-electron chi connectivity index (χ3n) is 4.93. The Hall–Kier alpha value is -1.39. The zero-order chi connectivity index (χ0) is 15.5. The Morgan fingerprint density at radius 2 is 1.90 bits per heavy atom. The summed E-state index contributed by atoms with van der Waals surface area (Å²) in [5, 5.41) is 2.62. The number of rotatable bonds is 4. The summed E-state index contributed by atoms with van der Waals surface area (Å²) < 4.78 is 0. The molecule has 2 amide bonds. The summed E-state index contributed by atoms with van der Waals surface area (Å²) in [6.45, 7) is 3.67. The van der Waals surface area contributed by atoms with E-state index in [-0.39, 0.29) is 17.7 Å². The molecule has 1 aliphatic heterocycles. The molecule has 0 spiro atoms. The summed E-state index contributed by atoms with van der Waals surface area (Å²) in [5.41, 5.74) is -0.760. The Balaban J connectivity index is 2.18. The Morgan fingerprint density at radius 1 is 1.24 bits per heavy atom. The number of nitrogens with one attached hydrogen (secondary N) is 1. The van der Waals surface area contributed by atoms with E-state index in [9.17, 15) is 14.4 Å². The molecule has 5 heteroatoms. The van der Waals surface area contributed by atoms with Gasteiger partial charge in [0.15, 0.2) is 0 Å². The molecule has 117 valence electrons. The molecule has 1 saturated heterocycles. The first-order valence-corrected chi connectivity index (χ1v) is 7.99. The maximum absolute atomic E-state index is 12.6. The smallest absolute Gasteiger partial charge is 0.245 e. The van der Waals surface area contributed by atoms with Gasteiger partial charge in [0.2, 0.25) is 18.1 Å². The van der Waals surface area contributed by atoms with Crippen LogP contribution in [0.2, 0.25) is 0 Å². The van der Waals surface area contributed by atoms with Crippen LogP contribution < -0.4 is 5.32 Å². The molecule has 1 N–H and O–H groups in total. The quantitative estimate of drug-likeness (QED) is 0.855. The van der Waals surface area contributed by atoms with E-state index in [0.717, 1.165) is 32.1 Å². The summed E-state index contributed by atoms with van der Waals surface area (Å²) >= 11 is 0. The van der Waals surface area contributed by atoms with Crippen molar-refractivity contribution in [3.05, 3.63) is 0 Å². The molecule has 0 bridgehead atoms. The van der Waals surface area contributed by atoms with Crippen molar-refractivity contribution in [2.24, 2.45) is 5.92 Å². The molecule has 0 aromatic rings. The Kier molecular flexibility index (Phi) is 5.01. The minimum atomic E-state index is -0.760. The maximum Gasteiger partial charge on any atom is 0.245 e. The van der Waals surface area contributed by atoms with Crippen molar-refractivity contribution in [2.75, 3.05) is 6.54 Å². The number of hydrogen-bond donors (Lipinski definition) is 1. The highest BCUT2D eigenvalue weighted by molar-refractivity contribution is 5.89. The SMILES string of the molecule is CC(=O)N[C@@H](C)C(=O)N1CCC[C@]1([C]=O)C1CCCCC1. The van der Waals surface area contributed by atoms with E-state index in [2.05, 4.69) is 11.6 Å². The number of carbonyl (C=O) groups is 2. The Morgan fingerprint density at radius 3 is 2.48 bits per heavy atom. The van der Waals surface area contributed by atoms with Gasteiger partial charge in [-0.1, -0.05) is 19.3 Å². The van der Waals surface area contributed by atoms with Gasteiger partial charge >= 0.3 is 0 Å². The average Bonchev–Trinajstić information content (AvgIpc) is 2.91. The van der Waals surface area contributed by atoms with Crippen LogP contribution in [0.4, 0.5) is 0 Å². The van der Waals surface area contributed by atoms with E-state index >= 15 is 0 Å². The summed E-state index contributed by atoms with van der Waals surface area (Å²) in [6, 6.07) is -0.586. The van der Waals surface area contributed by atoms with E-state index in [0.29, 0.717) is 13.0 Å². The number of carbonyl (C=O) groups excluding carboxylic acids is 3. The molecule has 21 heavy (non-hydrogen) atoms. The number of hydrogen-bond acceptors (Lipinski definition) is 3. The molecule has 1 heterocycles. The van der Waals surface area contributed by atoms with Gasteiger partial charge in [-0.15, -0.1) is 0 Å². The third-order valence-corrected chi connectivity index (χ3v) is 4.93. The van der Waals surface area contributed by atoms with Gasteiger partial charge in [0, 0.05) is 13.5 Å². The average molecular weight is 293 g/mol. The van der Waals surface area contributed by atoms with Crippen molar-refractivity contribution in [2.45, 2.75) is 70.4 Å². The number of nitrogens with zero attached hydrogens (tertiary/aromatic N) is 1. The zero-order valence-electron chi connectivity index (χ0n) is 13.0. The van der Waals surface area contributed by atoms with Crippen molar-refractivity contribution < 1.29 is 14.4 Å². The minimum absolute atomic E-state index is 0.156. The van der Waals surface area contributed by atoms with Crippen LogP contribution in [0.1, 0.15) is 58.8 Å². The number of amides is 2. The second-order valence-corrected chi connectivity index (χ2v) is 6.38. The molecule has 2 rings (SSSR count). The lowest BCUT2D eigenvalue weighted by atomic mass is 9.73. The van der Waals surface area contributed by atoms with Gasteiger partial charge in [-0.2, -0.15) is 0 Å². The molecular weight excluding hydrogens is 268 g/mol. The highest BCUT2D eigenvalue weighted by Crippen LogP contribution is 2.42. The van der Waals surface area contributed by atoms with Crippen molar-refractivity contribution in [3.63, 3.8) is 0 Å². The normalized spacial score (nSPS) is 28.2. The van der Waals surface area contributed by atoms with Gasteiger partial charge in [-0.25, -0.2) is 0 Å². The summed E-state index contributed by atoms with van der Waals surface area (Å²) in [7, 11) is 0. The van der Waals surface area contributed by atoms with Crippen molar-refractivity contribution in [1.82, 2.24) is 10.2 Å². The zero-order valence-corrected chi connectivity index (χ0v) is 13.0. The van der Waals surface area contributed by atoms with Crippen LogP contribution in [-0.2, 0) is 14.4 Å². The van der Waals surface area contributed by atoms with Crippen LogP contribution in [0.15, 0.2) is 0 Å². The standard InChI is InChI=1S/C16H25N2O3/c1-12(17-13(2)20)15(21)18-10-6-9-16(18,11-19)14-7-4-3-5-8-14/h12,14H,3-10H2,1-2H3,(H,17,20)/t12-,16-/m0/s1. The van der Waals surface area contributed by atoms with Crippen LogP contribution in [0.25, 0.3) is 0 Å². The van der Waals surface area contributed by atoms with Crippen LogP contribution in [-0.4, -0.2) is 41.1 Å². The molecule has 1 saturated carbocycles. The van der Waals surface area contributed by atoms with Gasteiger partial charge in [0.05, 0.1) is 0 Å². The van der Waals surface area contributed by atoms with E-state index < -0.39 is 11.6 Å². The monoisotopic (exact) mass is 293 g/mol. The summed E-state index contributed by atoms with van der Waals surface area (Å²) in [5.74, 6) is -0.162. The first-order chi connectivity index (χ1) is 10.0. The fourth-order valence-corrected chi connectivity index (χ4v) is 3.94. The topological polar surface area (TPSA) is 66.5 Å². The third kappa shape index (κ3) is 3.11. The highest BCUT2D eigenvalue weighted by Gasteiger charge is 2.50. The second-order valence-electron chi connectivity index (χ2n) is 6.38. The van der Waals surface area contributed by atoms with E-state index in [4.69, 9.17) is 0 Å². The molecule has 1 radical (unpaired) electrons.